The third kappa shape index (κ3) is 3.00. The van der Waals surface area contributed by atoms with Gasteiger partial charge in [-0.05, 0) is 12.1 Å². The van der Waals surface area contributed by atoms with Crippen molar-refractivity contribution < 1.29 is 40.6 Å². The van der Waals surface area contributed by atoms with Crippen molar-refractivity contribution in [1.29, 1.82) is 0 Å². The van der Waals surface area contributed by atoms with E-state index in [-0.39, 0.29) is 23.3 Å². The van der Waals surface area contributed by atoms with E-state index in [9.17, 15) is 31.1 Å². The van der Waals surface area contributed by atoms with Crippen LogP contribution in [-0.2, 0) is 21.0 Å². The van der Waals surface area contributed by atoms with Gasteiger partial charge < -0.3 is 14.6 Å². The molecule has 1 aliphatic carbocycles. The largest absolute Gasteiger partial charge is 0.493 e. The summed E-state index contributed by atoms with van der Waals surface area (Å²) < 4.78 is 87.6. The lowest BCUT2D eigenvalue weighted by Gasteiger charge is -2.37. The Morgan fingerprint density at radius 3 is 2.52 bits per heavy atom. The van der Waals surface area contributed by atoms with Crippen LogP contribution in [-0.4, -0.2) is 45.0 Å². The molecule has 0 aromatic heterocycles. The highest BCUT2D eigenvalue weighted by atomic mass is 32.2. The molecule has 0 radical (unpaired) electrons. The second-order valence-electron chi connectivity index (χ2n) is 6.69. The van der Waals surface area contributed by atoms with Crippen LogP contribution in [0, 0.1) is 5.41 Å². The minimum Gasteiger partial charge on any atom is -0.493 e. The Hall–Kier alpha value is -1.39. The lowest BCUT2D eigenvalue weighted by Crippen LogP contribution is -2.44. The van der Waals surface area contributed by atoms with Crippen molar-refractivity contribution in [3.05, 3.63) is 23.3 Å². The molecule has 2 aliphatic rings. The van der Waals surface area contributed by atoms with Crippen molar-refractivity contribution in [3.63, 3.8) is 0 Å². The standard InChI is InChI=1S/C15H16F4O5S/c1-14(5-23-6-14)7-24-9-2-3-10(25(21,22)13(16)17)11-8(9)4-15(18,19)12(11)20/h2-3,12-13,20H,4-7H2,1H3. The fourth-order valence-electron chi connectivity index (χ4n) is 2.91. The van der Waals surface area contributed by atoms with Gasteiger partial charge in [-0.25, -0.2) is 17.2 Å². The van der Waals surface area contributed by atoms with E-state index < -0.39 is 44.5 Å². The van der Waals surface area contributed by atoms with Crippen LogP contribution in [0.25, 0.3) is 0 Å². The van der Waals surface area contributed by atoms with E-state index in [1.807, 2.05) is 6.92 Å². The molecule has 25 heavy (non-hydrogen) atoms. The number of rotatable bonds is 5. The van der Waals surface area contributed by atoms with E-state index in [1.54, 1.807) is 0 Å². The van der Waals surface area contributed by atoms with Gasteiger partial charge in [-0.3, -0.25) is 0 Å². The summed E-state index contributed by atoms with van der Waals surface area (Å²) in [5.74, 6) is -7.50. The Morgan fingerprint density at radius 1 is 1.36 bits per heavy atom. The van der Waals surface area contributed by atoms with Crippen LogP contribution in [0.5, 0.6) is 5.75 Å². The number of aliphatic hydroxyl groups excluding tert-OH is 1. The summed E-state index contributed by atoms with van der Waals surface area (Å²) in [6, 6.07) is 1.85. The molecular weight excluding hydrogens is 368 g/mol. The molecule has 1 fully saturated rings. The molecule has 0 bridgehead atoms. The van der Waals surface area contributed by atoms with Gasteiger partial charge in [0.1, 0.15) is 11.9 Å². The Morgan fingerprint density at radius 2 is 2.00 bits per heavy atom. The van der Waals surface area contributed by atoms with Crippen LogP contribution in [0.15, 0.2) is 17.0 Å². The van der Waals surface area contributed by atoms with Gasteiger partial charge >= 0.3 is 5.76 Å². The molecule has 5 nitrogen and oxygen atoms in total. The van der Waals surface area contributed by atoms with E-state index >= 15 is 0 Å². The van der Waals surface area contributed by atoms with Gasteiger partial charge in [0.15, 0.2) is 0 Å². The SMILES string of the molecule is CC1(COc2ccc(S(=O)(=O)C(F)F)c3c2CC(F)(F)C3O)COC1. The Kier molecular flexibility index (Phi) is 4.28. The highest BCUT2D eigenvalue weighted by Gasteiger charge is 2.51. The van der Waals surface area contributed by atoms with Gasteiger partial charge in [-0.15, -0.1) is 0 Å². The molecule has 1 unspecified atom stereocenters. The molecule has 0 spiro atoms. The number of alkyl halides is 4. The van der Waals surface area contributed by atoms with Crippen molar-refractivity contribution in [2.75, 3.05) is 19.8 Å². The van der Waals surface area contributed by atoms with Gasteiger partial charge in [0.25, 0.3) is 5.92 Å². The number of ether oxygens (including phenoxy) is 2. The number of sulfone groups is 1. The normalized spacial score (nSPS) is 24.0. The predicted molar refractivity (Wildman–Crippen MR) is 77.7 cm³/mol. The van der Waals surface area contributed by atoms with Gasteiger partial charge in [-0.1, -0.05) is 6.92 Å². The van der Waals surface area contributed by atoms with Crippen LogP contribution in [0.2, 0.25) is 0 Å². The molecule has 1 saturated heterocycles. The molecule has 1 heterocycles. The molecule has 140 valence electrons. The maximum atomic E-state index is 13.9. The topological polar surface area (TPSA) is 72.8 Å². The van der Waals surface area contributed by atoms with E-state index in [0.29, 0.717) is 13.2 Å². The quantitative estimate of drug-likeness (QED) is 0.789. The van der Waals surface area contributed by atoms with Crippen LogP contribution in [0.1, 0.15) is 24.2 Å². The monoisotopic (exact) mass is 384 g/mol. The highest BCUT2D eigenvalue weighted by molar-refractivity contribution is 7.91. The summed E-state index contributed by atoms with van der Waals surface area (Å²) in [4.78, 5) is -0.993. The van der Waals surface area contributed by atoms with Crippen molar-refractivity contribution in [2.45, 2.75) is 36.0 Å². The maximum Gasteiger partial charge on any atom is 0.341 e. The molecule has 1 aromatic rings. The van der Waals surface area contributed by atoms with Gasteiger partial charge in [0.05, 0.1) is 24.7 Å². The molecule has 0 amide bonds. The molecular formula is C15H16F4O5S. The van der Waals surface area contributed by atoms with Crippen LogP contribution in [0.3, 0.4) is 0 Å². The predicted octanol–water partition coefficient (Wildman–Crippen LogP) is 2.32. The third-order valence-corrected chi connectivity index (χ3v) is 5.82. The summed E-state index contributed by atoms with van der Waals surface area (Å²) in [5, 5.41) is 9.81. The Bertz CT molecular complexity index is 789. The first kappa shape index (κ1) is 18.4. The zero-order valence-electron chi connectivity index (χ0n) is 13.1. The first-order valence-electron chi connectivity index (χ1n) is 7.42. The molecule has 0 saturated carbocycles. The van der Waals surface area contributed by atoms with Crippen LogP contribution < -0.4 is 4.74 Å². The number of benzene rings is 1. The molecule has 1 aliphatic heterocycles. The van der Waals surface area contributed by atoms with Crippen molar-refractivity contribution in [2.24, 2.45) is 5.41 Å². The maximum absolute atomic E-state index is 13.9. The molecule has 1 aromatic carbocycles. The van der Waals surface area contributed by atoms with Gasteiger partial charge in [0.2, 0.25) is 9.84 Å². The van der Waals surface area contributed by atoms with Crippen LogP contribution >= 0.6 is 0 Å². The summed E-state index contributed by atoms with van der Waals surface area (Å²) in [6.45, 7) is 2.83. The fraction of sp³-hybridized carbons (Fsp3) is 0.600. The van der Waals surface area contributed by atoms with Crippen molar-refractivity contribution in [1.82, 2.24) is 0 Å². The van der Waals surface area contributed by atoms with E-state index in [0.717, 1.165) is 12.1 Å². The van der Waals surface area contributed by atoms with Gasteiger partial charge in [0, 0.05) is 23.0 Å². The summed E-state index contributed by atoms with van der Waals surface area (Å²) in [6.07, 6.45) is -3.48. The summed E-state index contributed by atoms with van der Waals surface area (Å²) >= 11 is 0. The average molecular weight is 384 g/mol. The first-order valence-corrected chi connectivity index (χ1v) is 8.97. The lowest BCUT2D eigenvalue weighted by molar-refractivity contribution is -0.120. The molecule has 3 rings (SSSR count). The minimum atomic E-state index is -5.14. The zero-order chi connectivity index (χ0) is 18.6. The second kappa shape index (κ2) is 5.82. The van der Waals surface area contributed by atoms with E-state index in [1.165, 1.54) is 0 Å². The summed E-state index contributed by atoms with van der Waals surface area (Å²) in [7, 11) is -5.14. The smallest absolute Gasteiger partial charge is 0.341 e. The Balaban J connectivity index is 2.04. The molecule has 1 atom stereocenters. The number of aliphatic hydroxyl groups is 1. The highest BCUT2D eigenvalue weighted by Crippen LogP contribution is 2.49. The number of hydrogen-bond donors (Lipinski definition) is 1. The number of halogens is 4. The van der Waals surface area contributed by atoms with Crippen LogP contribution in [0.4, 0.5) is 17.6 Å². The lowest BCUT2D eigenvalue weighted by atomic mass is 9.90. The van der Waals surface area contributed by atoms with Crippen molar-refractivity contribution in [3.8, 4) is 5.75 Å². The third-order valence-electron chi connectivity index (χ3n) is 4.38. The molecule has 10 heteroatoms. The average Bonchev–Trinajstić information content (AvgIpc) is 2.73. The Labute approximate surface area is 141 Å². The van der Waals surface area contributed by atoms with Crippen molar-refractivity contribution >= 4 is 9.84 Å². The summed E-state index contributed by atoms with van der Waals surface area (Å²) in [5.41, 5.74) is -1.28. The number of fused-ring (bicyclic) bond motifs is 1. The van der Waals surface area contributed by atoms with E-state index in [4.69, 9.17) is 9.47 Å². The first-order chi connectivity index (χ1) is 11.5. The fourth-order valence-corrected chi connectivity index (χ4v) is 3.91. The minimum absolute atomic E-state index is 0.0485. The number of hydrogen-bond acceptors (Lipinski definition) is 5. The van der Waals surface area contributed by atoms with Gasteiger partial charge in [-0.2, -0.15) is 8.78 Å². The van der Waals surface area contributed by atoms with E-state index in [2.05, 4.69) is 0 Å². The second-order valence-corrected chi connectivity index (χ2v) is 8.58. The molecule has 1 N–H and O–H groups in total. The zero-order valence-corrected chi connectivity index (χ0v) is 14.0.